The first-order valence-corrected chi connectivity index (χ1v) is 50.3. The molecule has 0 saturated carbocycles. The Bertz CT molecular complexity index is 6930. The Morgan fingerprint density at radius 2 is 0.667 bits per heavy atom. The van der Waals surface area contributed by atoms with Crippen molar-refractivity contribution in [3.63, 3.8) is 0 Å². The number of fused-ring (bicyclic) bond motifs is 12. The highest BCUT2D eigenvalue weighted by Crippen LogP contribution is 2.47. The van der Waals surface area contributed by atoms with Crippen molar-refractivity contribution in [2.45, 2.75) is 101 Å². The van der Waals surface area contributed by atoms with Gasteiger partial charge >= 0.3 is 24.4 Å². The number of benzene rings is 11. The topological polar surface area (TPSA) is 376 Å². The lowest BCUT2D eigenvalue weighted by molar-refractivity contribution is -0.141. The fourth-order valence-electron chi connectivity index (χ4n) is 18.6. The van der Waals surface area contributed by atoms with Crippen LogP contribution in [0.5, 0.6) is 40.2 Å². The first-order chi connectivity index (χ1) is 71.0. The van der Waals surface area contributed by atoms with Crippen LogP contribution in [0.15, 0.2) is 243 Å². The predicted molar refractivity (Wildman–Crippen MR) is 561 cm³/mol. The van der Waals surface area contributed by atoms with Crippen LogP contribution >= 0.6 is 81.2 Å². The molecule has 5 amide bonds. The molecule has 37 heteroatoms. The Morgan fingerprint density at radius 1 is 0.388 bits per heavy atom. The average molecular weight is 2140 g/mol. The molecular weight excluding hydrogens is 2030 g/mol. The molecule has 5 aliphatic heterocycles. The minimum absolute atomic E-state index is 0.0114. The minimum Gasteiger partial charge on any atom is -0.491 e. The SMILES string of the molecule is CCOC(=O)N1CCc2c([nH]c3ccc(Cl)cc23)[C@@H]1c1ccc(OC[C@H]2COC(C)(C)O2)cc1.COCC(=O)NCC(O)COc1ccc(C2c3[nH]c4ccc(Cl)cc4c3CCN2C(=O)Oc2ccc(Cl)cc2)cc1.O=C(Oc1ccc(Cl)cc1)N1CCc2c([nH]c3ccc(Cl)cc23)[C@@H]1c1ccc(OC[C@@H](O)CO)cc1.O=C(Oc1ccc(Cl)cc1)N1CCc2c([nH]c3ccc(Cl)cc23)[C@@H]1c1ccc(OC[C@H](O)CO)cc1. The fourth-order valence-corrected chi connectivity index (χ4v) is 19.7. The van der Waals surface area contributed by atoms with Crippen LogP contribution in [-0.4, -0.2) is 225 Å². The van der Waals surface area contributed by atoms with Gasteiger partial charge in [0, 0.05) is 141 Å². The molecule has 8 atom stereocenters. The van der Waals surface area contributed by atoms with Crippen molar-refractivity contribution < 1.29 is 102 Å². The molecule has 766 valence electrons. The maximum atomic E-state index is 13.5. The number of amides is 5. The number of aromatic amines is 4. The normalized spacial score (nSPS) is 17.1. The zero-order valence-electron chi connectivity index (χ0n) is 80.1. The number of methoxy groups -OCH3 is 1. The van der Waals surface area contributed by atoms with E-state index < -0.39 is 60.5 Å². The number of hydrogen-bond acceptors (Lipinski definition) is 21. The van der Waals surface area contributed by atoms with Crippen molar-refractivity contribution in [1.82, 2.24) is 44.9 Å². The number of nitrogens with one attached hydrogen (secondary N) is 5. The summed E-state index contributed by atoms with van der Waals surface area (Å²) in [5, 5.41) is 58.3. The van der Waals surface area contributed by atoms with Crippen LogP contribution < -0.4 is 38.5 Å². The van der Waals surface area contributed by atoms with Crippen molar-refractivity contribution >= 4 is 155 Å². The van der Waals surface area contributed by atoms with Gasteiger partial charge in [-0.05, 0) is 285 Å². The maximum absolute atomic E-state index is 13.5. The molecule has 1 saturated heterocycles. The molecular formula is C110H106Cl7N9O21. The van der Waals surface area contributed by atoms with Crippen molar-refractivity contribution in [2.75, 3.05) is 99.3 Å². The second-order valence-electron chi connectivity index (χ2n) is 35.9. The Hall–Kier alpha value is -13.0. The molecule has 30 nitrogen and oxygen atoms in total. The molecule has 147 heavy (non-hydrogen) atoms. The lowest BCUT2D eigenvalue weighted by atomic mass is 9.92. The van der Waals surface area contributed by atoms with Crippen LogP contribution in [0.3, 0.4) is 0 Å². The molecule has 1 fully saturated rings. The van der Waals surface area contributed by atoms with Crippen LogP contribution in [0, 0.1) is 0 Å². The molecule has 15 aromatic rings. The summed E-state index contributed by atoms with van der Waals surface area (Å²) in [4.78, 5) is 85.4. The number of carbonyl (C=O) groups is 5. The van der Waals surface area contributed by atoms with Crippen LogP contribution in [0.4, 0.5) is 19.2 Å². The van der Waals surface area contributed by atoms with Crippen LogP contribution in [0.25, 0.3) is 43.6 Å². The first kappa shape index (κ1) is 105. The largest absolute Gasteiger partial charge is 0.491 e. The van der Waals surface area contributed by atoms with Gasteiger partial charge in [0.05, 0.1) is 26.4 Å². The van der Waals surface area contributed by atoms with E-state index in [2.05, 4.69) is 25.3 Å². The molecule has 0 spiro atoms. The van der Waals surface area contributed by atoms with Crippen molar-refractivity contribution in [2.24, 2.45) is 0 Å². The van der Waals surface area contributed by atoms with E-state index in [9.17, 15) is 39.3 Å². The third-order valence-electron chi connectivity index (χ3n) is 25.5. The third kappa shape index (κ3) is 25.5. The second kappa shape index (κ2) is 47.9. The number of H-pyrrole nitrogens is 4. The molecule has 0 radical (unpaired) electrons. The molecule has 5 aliphatic rings. The lowest BCUT2D eigenvalue weighted by Gasteiger charge is -2.35. The Labute approximate surface area is 880 Å². The smallest absolute Gasteiger partial charge is 0.416 e. The van der Waals surface area contributed by atoms with E-state index in [4.69, 9.17) is 144 Å². The van der Waals surface area contributed by atoms with Crippen LogP contribution in [0.1, 0.15) is 112 Å². The van der Waals surface area contributed by atoms with Gasteiger partial charge in [-0.15, -0.1) is 0 Å². The standard InChI is InChI=1S/C30H29Cl2N3O6.2C27H24Cl2N2O5.C26H29ClN2O5/c1-39-17-27(37)33-15-21(36)16-40-22-7-2-18(3-8-22)29-28-24(25-14-20(32)6-11-26(25)34-28)12-13-35(29)30(38)41-23-9-4-19(31)5-10-23;2*28-17-3-8-21(9-4-17)36-27(34)31-12-11-22-23-13-18(29)5-10-24(23)30-25(22)26(31)16-1-6-20(7-2-16)35-15-19(33)14-32;1-4-31-25(30)29-12-11-20-21-13-17(27)7-10-22(21)28-23(20)24(29)16-5-8-18(9-6-16)32-14-19-15-33-26(2,3)34-19/h2-11,14,21,29,34,36H,12-13,15-17H2,1H3,(H,33,37);2*1-10,13,19,26,30,32-33H,11-12,14-15H2;5-10,13,19,24,28H,4,11-12,14-15H2,1-3H3/t;19-,26+;19-,26-;19-,24-/m.100/s1. The van der Waals surface area contributed by atoms with E-state index in [1.807, 2.05) is 154 Å². The van der Waals surface area contributed by atoms with E-state index in [0.29, 0.717) is 135 Å². The van der Waals surface area contributed by atoms with Gasteiger partial charge in [0.1, 0.15) is 122 Å². The maximum Gasteiger partial charge on any atom is 0.416 e. The van der Waals surface area contributed by atoms with Gasteiger partial charge in [0.25, 0.3) is 0 Å². The van der Waals surface area contributed by atoms with E-state index in [1.54, 1.807) is 129 Å². The fraction of sp³-hybridized carbons (Fsp3) is 0.282. The summed E-state index contributed by atoms with van der Waals surface area (Å²) in [6.45, 7) is 7.90. The second-order valence-corrected chi connectivity index (χ2v) is 39.0. The van der Waals surface area contributed by atoms with Crippen LogP contribution in [-0.2, 0) is 49.4 Å². The highest BCUT2D eigenvalue weighted by atomic mass is 35.5. The Morgan fingerprint density at radius 3 is 0.946 bits per heavy atom. The molecule has 10 N–H and O–H groups in total. The number of nitrogens with zero attached hydrogens (tertiary/aromatic N) is 4. The van der Waals surface area contributed by atoms with Gasteiger partial charge in [-0.3, -0.25) is 24.4 Å². The van der Waals surface area contributed by atoms with Crippen molar-refractivity contribution in [3.8, 4) is 40.2 Å². The number of rotatable bonds is 26. The minimum atomic E-state index is -0.957. The lowest BCUT2D eigenvalue weighted by Crippen LogP contribution is -2.42. The third-order valence-corrected chi connectivity index (χ3v) is 27.2. The number of hydrogen-bond donors (Lipinski definition) is 10. The molecule has 4 aromatic heterocycles. The average Bonchev–Trinajstić information content (AvgIpc) is 1.62. The van der Waals surface area contributed by atoms with E-state index in [-0.39, 0.29) is 70.3 Å². The predicted octanol–water partition coefficient (Wildman–Crippen LogP) is 21.3. The van der Waals surface area contributed by atoms with Gasteiger partial charge < -0.3 is 103 Å². The number of carbonyl (C=O) groups excluding carboxylic acids is 5. The highest BCUT2D eigenvalue weighted by molar-refractivity contribution is 6.33. The number of ether oxygens (including phenoxy) is 11. The highest BCUT2D eigenvalue weighted by Gasteiger charge is 2.42. The van der Waals surface area contributed by atoms with Crippen molar-refractivity contribution in [1.29, 1.82) is 0 Å². The molecule has 20 rings (SSSR count). The summed E-state index contributed by atoms with van der Waals surface area (Å²) >= 11 is 43.1. The van der Waals surface area contributed by atoms with E-state index >= 15 is 0 Å². The van der Waals surface area contributed by atoms with Gasteiger partial charge in [-0.25, -0.2) is 19.2 Å². The van der Waals surface area contributed by atoms with Gasteiger partial charge in [-0.2, -0.15) is 0 Å². The summed E-state index contributed by atoms with van der Waals surface area (Å²) < 4.78 is 61.4. The quantitative estimate of drug-likeness (QED) is 0.0241. The van der Waals surface area contributed by atoms with E-state index in [1.165, 1.54) is 12.7 Å². The number of aliphatic hydroxyl groups is 5. The summed E-state index contributed by atoms with van der Waals surface area (Å²) in [7, 11) is 1.42. The van der Waals surface area contributed by atoms with Gasteiger partial charge in [0.2, 0.25) is 5.91 Å². The molecule has 0 aliphatic carbocycles. The Kier molecular flexibility index (Phi) is 34.3. The molecule has 9 heterocycles. The molecule has 0 bridgehead atoms. The number of aliphatic hydroxyl groups excluding tert-OH is 5. The Balaban J connectivity index is 0.000000134. The first-order valence-electron chi connectivity index (χ1n) is 47.6. The van der Waals surface area contributed by atoms with Gasteiger partial charge in [-0.1, -0.05) is 130 Å². The summed E-state index contributed by atoms with van der Waals surface area (Å²) in [6, 6.07) is 71.0. The zero-order valence-corrected chi connectivity index (χ0v) is 85.4. The summed E-state index contributed by atoms with van der Waals surface area (Å²) in [5.74, 6) is 2.67. The summed E-state index contributed by atoms with van der Waals surface area (Å²) in [6.07, 6.45) is -2.04. The van der Waals surface area contributed by atoms with Crippen LogP contribution in [0.2, 0.25) is 35.2 Å². The van der Waals surface area contributed by atoms with Gasteiger partial charge in [0.15, 0.2) is 5.79 Å². The molecule has 11 aromatic carbocycles. The monoisotopic (exact) mass is 2130 g/mol. The number of halogens is 7. The summed E-state index contributed by atoms with van der Waals surface area (Å²) in [5.41, 5.74) is 15.5. The number of aromatic nitrogens is 4. The zero-order chi connectivity index (χ0) is 103. The van der Waals surface area contributed by atoms with Crippen molar-refractivity contribution in [3.05, 3.63) is 345 Å². The van der Waals surface area contributed by atoms with E-state index in [0.717, 1.165) is 118 Å². The molecule has 2 unspecified atom stereocenters.